The average molecular weight is 387 g/mol. The SMILES string of the molecule is O=C(Nc1ccccc1C(=O)OCC(=O)N1CCCC1)c1ccc(Cl)cc1. The fourth-order valence-electron chi connectivity index (χ4n) is 2.83. The summed E-state index contributed by atoms with van der Waals surface area (Å²) >= 11 is 5.83. The summed E-state index contributed by atoms with van der Waals surface area (Å²) in [5, 5.41) is 3.22. The van der Waals surface area contributed by atoms with Gasteiger partial charge in [-0.3, -0.25) is 9.59 Å². The van der Waals surface area contributed by atoms with Crippen LogP contribution in [0.3, 0.4) is 0 Å². The van der Waals surface area contributed by atoms with Crippen LogP contribution in [0.25, 0.3) is 0 Å². The van der Waals surface area contributed by atoms with Crippen LogP contribution < -0.4 is 5.32 Å². The first-order valence-corrected chi connectivity index (χ1v) is 9.03. The second-order valence-electron chi connectivity index (χ2n) is 6.17. The van der Waals surface area contributed by atoms with Crippen molar-refractivity contribution in [3.8, 4) is 0 Å². The van der Waals surface area contributed by atoms with Crippen molar-refractivity contribution >= 4 is 35.1 Å². The molecule has 0 aliphatic carbocycles. The number of carbonyl (C=O) groups excluding carboxylic acids is 3. The maximum absolute atomic E-state index is 12.4. The molecule has 2 aromatic rings. The van der Waals surface area contributed by atoms with Crippen molar-refractivity contribution in [1.29, 1.82) is 0 Å². The van der Waals surface area contributed by atoms with Crippen molar-refractivity contribution in [1.82, 2.24) is 4.90 Å². The van der Waals surface area contributed by atoms with Crippen molar-refractivity contribution in [2.75, 3.05) is 25.0 Å². The van der Waals surface area contributed by atoms with E-state index in [1.807, 2.05) is 0 Å². The zero-order valence-corrected chi connectivity index (χ0v) is 15.4. The van der Waals surface area contributed by atoms with E-state index in [9.17, 15) is 14.4 Å². The summed E-state index contributed by atoms with van der Waals surface area (Å²) in [4.78, 5) is 38.5. The Morgan fingerprint density at radius 3 is 2.37 bits per heavy atom. The Kier molecular flexibility index (Phi) is 6.08. The highest BCUT2D eigenvalue weighted by Crippen LogP contribution is 2.18. The molecule has 0 bridgehead atoms. The number of hydrogen-bond acceptors (Lipinski definition) is 4. The number of hydrogen-bond donors (Lipinski definition) is 1. The van der Waals surface area contributed by atoms with Crippen LogP contribution in [0.4, 0.5) is 5.69 Å². The number of anilines is 1. The van der Waals surface area contributed by atoms with Crippen LogP contribution in [0.1, 0.15) is 33.6 Å². The quantitative estimate of drug-likeness (QED) is 0.799. The van der Waals surface area contributed by atoms with E-state index in [2.05, 4.69) is 5.32 Å². The fourth-order valence-corrected chi connectivity index (χ4v) is 2.95. The lowest BCUT2D eigenvalue weighted by Gasteiger charge is -2.15. The van der Waals surface area contributed by atoms with Gasteiger partial charge in [0.15, 0.2) is 6.61 Å². The minimum atomic E-state index is -0.658. The van der Waals surface area contributed by atoms with Crippen molar-refractivity contribution in [3.05, 3.63) is 64.7 Å². The standard InChI is InChI=1S/C20H19ClN2O4/c21-15-9-7-14(8-10-15)19(25)22-17-6-2-1-5-16(17)20(26)27-13-18(24)23-11-3-4-12-23/h1-2,5-10H,3-4,11-13H2,(H,22,25). The molecule has 0 unspecified atom stereocenters. The molecule has 0 saturated carbocycles. The summed E-state index contributed by atoms with van der Waals surface area (Å²) in [6.07, 6.45) is 1.94. The molecule has 1 heterocycles. The number of likely N-dealkylation sites (tertiary alicyclic amines) is 1. The first kappa shape index (κ1) is 18.9. The van der Waals surface area contributed by atoms with Crippen molar-refractivity contribution in [2.24, 2.45) is 0 Å². The van der Waals surface area contributed by atoms with Crippen LogP contribution in [0.15, 0.2) is 48.5 Å². The molecule has 140 valence electrons. The Hall–Kier alpha value is -2.86. The van der Waals surface area contributed by atoms with Gasteiger partial charge in [-0.05, 0) is 49.2 Å². The lowest BCUT2D eigenvalue weighted by atomic mass is 10.1. The molecule has 1 aliphatic rings. The number of esters is 1. The lowest BCUT2D eigenvalue weighted by Crippen LogP contribution is -2.32. The number of para-hydroxylation sites is 1. The molecule has 2 amide bonds. The zero-order valence-electron chi connectivity index (χ0n) is 14.6. The van der Waals surface area contributed by atoms with Crippen LogP contribution in [-0.2, 0) is 9.53 Å². The predicted octanol–water partition coefficient (Wildman–Crippen LogP) is 3.37. The van der Waals surface area contributed by atoms with Gasteiger partial charge in [0.25, 0.3) is 11.8 Å². The number of amides is 2. The van der Waals surface area contributed by atoms with Crippen LogP contribution in [0.2, 0.25) is 5.02 Å². The van der Waals surface area contributed by atoms with E-state index in [1.165, 1.54) is 0 Å². The second kappa shape index (κ2) is 8.68. The molecular weight excluding hydrogens is 368 g/mol. The van der Waals surface area contributed by atoms with E-state index < -0.39 is 5.97 Å². The van der Waals surface area contributed by atoms with E-state index in [0.29, 0.717) is 29.4 Å². The Morgan fingerprint density at radius 2 is 1.67 bits per heavy atom. The normalized spacial score (nSPS) is 13.3. The zero-order chi connectivity index (χ0) is 19.2. The Bertz CT molecular complexity index is 845. The Balaban J connectivity index is 1.65. The van der Waals surface area contributed by atoms with Gasteiger partial charge in [-0.2, -0.15) is 0 Å². The van der Waals surface area contributed by atoms with Gasteiger partial charge in [0.1, 0.15) is 0 Å². The molecule has 1 saturated heterocycles. The van der Waals surface area contributed by atoms with E-state index in [1.54, 1.807) is 53.4 Å². The highest BCUT2D eigenvalue weighted by atomic mass is 35.5. The number of nitrogens with one attached hydrogen (secondary N) is 1. The number of halogens is 1. The minimum Gasteiger partial charge on any atom is -0.452 e. The summed E-state index contributed by atoms with van der Waals surface area (Å²) in [7, 11) is 0. The number of nitrogens with zero attached hydrogens (tertiary/aromatic N) is 1. The molecule has 27 heavy (non-hydrogen) atoms. The number of ether oxygens (including phenoxy) is 1. The molecular formula is C20H19ClN2O4. The third kappa shape index (κ3) is 4.86. The van der Waals surface area contributed by atoms with Gasteiger partial charge in [-0.1, -0.05) is 23.7 Å². The minimum absolute atomic E-state index is 0.189. The van der Waals surface area contributed by atoms with E-state index in [-0.39, 0.29) is 24.0 Å². The van der Waals surface area contributed by atoms with E-state index in [0.717, 1.165) is 12.8 Å². The van der Waals surface area contributed by atoms with Gasteiger partial charge in [0, 0.05) is 23.7 Å². The first-order valence-electron chi connectivity index (χ1n) is 8.65. The van der Waals surface area contributed by atoms with Crippen LogP contribution in [0, 0.1) is 0 Å². The number of benzene rings is 2. The summed E-state index contributed by atoms with van der Waals surface area (Å²) in [6.45, 7) is 1.09. The van der Waals surface area contributed by atoms with Crippen molar-refractivity contribution in [3.63, 3.8) is 0 Å². The largest absolute Gasteiger partial charge is 0.452 e. The average Bonchev–Trinajstić information content (AvgIpc) is 3.21. The summed E-state index contributed by atoms with van der Waals surface area (Å²) in [5.41, 5.74) is 0.914. The van der Waals surface area contributed by atoms with E-state index in [4.69, 9.17) is 16.3 Å². The number of rotatable bonds is 5. The van der Waals surface area contributed by atoms with Gasteiger partial charge >= 0.3 is 5.97 Å². The smallest absolute Gasteiger partial charge is 0.340 e. The van der Waals surface area contributed by atoms with E-state index >= 15 is 0 Å². The van der Waals surface area contributed by atoms with Gasteiger partial charge in [0.05, 0.1) is 11.3 Å². The highest BCUT2D eigenvalue weighted by molar-refractivity contribution is 6.30. The molecule has 0 spiro atoms. The van der Waals surface area contributed by atoms with Crippen LogP contribution in [-0.4, -0.2) is 42.4 Å². The van der Waals surface area contributed by atoms with Gasteiger partial charge in [-0.15, -0.1) is 0 Å². The second-order valence-corrected chi connectivity index (χ2v) is 6.61. The molecule has 0 aromatic heterocycles. The van der Waals surface area contributed by atoms with Crippen LogP contribution >= 0.6 is 11.6 Å². The van der Waals surface area contributed by atoms with Crippen molar-refractivity contribution < 1.29 is 19.1 Å². The van der Waals surface area contributed by atoms with Crippen molar-refractivity contribution in [2.45, 2.75) is 12.8 Å². The molecule has 0 atom stereocenters. The Morgan fingerprint density at radius 1 is 1.00 bits per heavy atom. The van der Waals surface area contributed by atoms with Gasteiger partial charge in [0.2, 0.25) is 0 Å². The molecule has 1 aliphatic heterocycles. The third-order valence-corrected chi connectivity index (χ3v) is 4.54. The molecule has 3 rings (SSSR count). The lowest BCUT2D eigenvalue weighted by molar-refractivity contribution is -0.133. The molecule has 1 fully saturated rings. The Labute approximate surface area is 162 Å². The summed E-state index contributed by atoms with van der Waals surface area (Å²) in [5.74, 6) is -1.24. The molecule has 1 N–H and O–H groups in total. The summed E-state index contributed by atoms with van der Waals surface area (Å²) < 4.78 is 5.15. The van der Waals surface area contributed by atoms with Gasteiger partial charge in [-0.25, -0.2) is 4.79 Å². The number of carbonyl (C=O) groups is 3. The fraction of sp³-hybridized carbons (Fsp3) is 0.250. The summed E-state index contributed by atoms with van der Waals surface area (Å²) in [6, 6.07) is 12.9. The monoisotopic (exact) mass is 386 g/mol. The first-order chi connectivity index (χ1) is 13.0. The van der Waals surface area contributed by atoms with Crippen LogP contribution in [0.5, 0.6) is 0 Å². The maximum Gasteiger partial charge on any atom is 0.340 e. The molecule has 7 heteroatoms. The topological polar surface area (TPSA) is 75.7 Å². The third-order valence-electron chi connectivity index (χ3n) is 4.29. The molecule has 6 nitrogen and oxygen atoms in total. The maximum atomic E-state index is 12.4. The molecule has 0 radical (unpaired) electrons. The van der Waals surface area contributed by atoms with Gasteiger partial charge < -0.3 is 15.0 Å². The molecule has 2 aromatic carbocycles. The predicted molar refractivity (Wildman–Crippen MR) is 102 cm³/mol. The highest BCUT2D eigenvalue weighted by Gasteiger charge is 2.21.